The van der Waals surface area contributed by atoms with Crippen molar-refractivity contribution in [2.24, 2.45) is 52.1 Å². The molecule has 12 heteroatoms. The van der Waals surface area contributed by atoms with Crippen LogP contribution in [-0.2, 0) is 35.3 Å². The molecule has 9 atom stereocenters. The van der Waals surface area contributed by atoms with E-state index in [9.17, 15) is 24.0 Å². The molecule has 3 saturated carbocycles. The van der Waals surface area contributed by atoms with Gasteiger partial charge in [-0.25, -0.2) is 0 Å². The first-order chi connectivity index (χ1) is 28.1. The molecular formula is C47H73N5O7. The lowest BCUT2D eigenvalue weighted by Gasteiger charge is -2.58. The van der Waals surface area contributed by atoms with E-state index in [1.165, 1.54) is 57.8 Å². The first kappa shape index (κ1) is 46.3. The lowest BCUT2D eigenvalue weighted by Crippen LogP contribution is -2.51. The lowest BCUT2D eigenvalue weighted by molar-refractivity contribution is -0.132. The highest BCUT2D eigenvalue weighted by Gasteiger charge is 2.59. The summed E-state index contributed by atoms with van der Waals surface area (Å²) >= 11 is 0. The zero-order valence-electron chi connectivity index (χ0n) is 36.4. The number of hydrogen-bond acceptors (Lipinski definition) is 7. The van der Waals surface area contributed by atoms with Crippen LogP contribution >= 0.6 is 0 Å². The van der Waals surface area contributed by atoms with E-state index in [1.807, 2.05) is 0 Å². The Bertz CT molecular complexity index is 1650. The van der Waals surface area contributed by atoms with Gasteiger partial charge in [-0.05, 0) is 122 Å². The number of hydrogen-bond donors (Lipinski definition) is 6. The lowest BCUT2D eigenvalue weighted by atomic mass is 9.47. The number of nitrogens with two attached hydrogens (primary N) is 1. The molecule has 4 aliphatic rings. The third-order valence-electron chi connectivity index (χ3n) is 14.7. The maximum Gasteiger partial charge on any atom is 0.243 e. The van der Waals surface area contributed by atoms with E-state index in [1.54, 1.807) is 29.8 Å². The van der Waals surface area contributed by atoms with Crippen molar-refractivity contribution < 1.29 is 33.8 Å². The predicted octanol–water partition coefficient (Wildman–Crippen LogP) is 6.31. The zero-order chi connectivity index (χ0) is 42.7. The zero-order valence-corrected chi connectivity index (χ0v) is 36.4. The third-order valence-corrected chi connectivity index (χ3v) is 14.7. The van der Waals surface area contributed by atoms with Crippen LogP contribution < -0.4 is 27.0 Å². The van der Waals surface area contributed by atoms with Crippen LogP contribution in [0.1, 0.15) is 136 Å². The standard InChI is InChI=1S/C47H73N5O7/c1-30(2)8-6-9-31(3)37-16-17-38-36-15-12-33-26-35(20-22-46(33,4)39(36)21-23-47(37,38)5)59-25-7-24-49-42(55)18-19-43(56)52-40(27-41(48)54)45(58)50-28-44(57)51-34-13-10-32(29-53)11-14-34/h10-14,30-31,35-40,53H,6-9,15-29H2,1-5H3,(H2,48,54)(H,49,55)(H,50,58)(H,51,57)(H,52,56)/t31-,35+,36+,37-,38+,39?,40+,46+,47-/m1/s1. The highest BCUT2D eigenvalue weighted by atomic mass is 16.5. The number of primary amides is 1. The van der Waals surface area contributed by atoms with E-state index in [2.05, 4.69) is 62.0 Å². The van der Waals surface area contributed by atoms with Crippen molar-refractivity contribution in [3.63, 3.8) is 0 Å². The average molecular weight is 820 g/mol. The summed E-state index contributed by atoms with van der Waals surface area (Å²) in [5.74, 6) is 1.96. The minimum absolute atomic E-state index is 0.0927. The number of ether oxygens (including phenoxy) is 1. The van der Waals surface area contributed by atoms with Gasteiger partial charge in [-0.1, -0.05) is 77.7 Å². The summed E-state index contributed by atoms with van der Waals surface area (Å²) in [5.41, 5.74) is 8.84. The Morgan fingerprint density at radius 2 is 1.63 bits per heavy atom. The van der Waals surface area contributed by atoms with Crippen LogP contribution in [0.25, 0.3) is 0 Å². The van der Waals surface area contributed by atoms with Gasteiger partial charge in [-0.3, -0.25) is 24.0 Å². The van der Waals surface area contributed by atoms with Crippen LogP contribution in [-0.4, -0.2) is 66.5 Å². The molecule has 59 heavy (non-hydrogen) atoms. The van der Waals surface area contributed by atoms with E-state index < -0.39 is 42.6 Å². The normalized spacial score (nSPS) is 28.3. The van der Waals surface area contributed by atoms with Crippen LogP contribution in [0.15, 0.2) is 35.9 Å². The van der Waals surface area contributed by atoms with E-state index in [0.717, 1.165) is 48.3 Å². The summed E-state index contributed by atoms with van der Waals surface area (Å²) < 4.78 is 6.37. The van der Waals surface area contributed by atoms with Crippen molar-refractivity contribution in [1.82, 2.24) is 16.0 Å². The number of anilines is 1. The fraction of sp³-hybridized carbons (Fsp3) is 0.723. The molecule has 7 N–H and O–H groups in total. The summed E-state index contributed by atoms with van der Waals surface area (Å²) in [7, 11) is 0. The second kappa shape index (κ2) is 21.2. The molecule has 328 valence electrons. The molecule has 1 aromatic carbocycles. The molecule has 0 aliphatic heterocycles. The van der Waals surface area contributed by atoms with Gasteiger partial charge in [-0.15, -0.1) is 0 Å². The van der Waals surface area contributed by atoms with Gasteiger partial charge in [0.25, 0.3) is 0 Å². The Balaban J connectivity index is 0.978. The molecular weight excluding hydrogens is 747 g/mol. The average Bonchev–Trinajstić information content (AvgIpc) is 3.56. The molecule has 1 unspecified atom stereocenters. The fourth-order valence-electron chi connectivity index (χ4n) is 11.5. The first-order valence-electron chi connectivity index (χ1n) is 22.6. The second-order valence-corrected chi connectivity index (χ2v) is 19.1. The molecule has 3 fully saturated rings. The predicted molar refractivity (Wildman–Crippen MR) is 229 cm³/mol. The highest BCUT2D eigenvalue weighted by Crippen LogP contribution is 2.67. The van der Waals surface area contributed by atoms with Crippen molar-refractivity contribution >= 4 is 35.2 Å². The second-order valence-electron chi connectivity index (χ2n) is 19.1. The van der Waals surface area contributed by atoms with Crippen molar-refractivity contribution in [3.05, 3.63) is 41.5 Å². The minimum atomic E-state index is -1.29. The number of amides is 5. The van der Waals surface area contributed by atoms with E-state index >= 15 is 0 Å². The quantitative estimate of drug-likeness (QED) is 0.0620. The first-order valence-corrected chi connectivity index (χ1v) is 22.6. The van der Waals surface area contributed by atoms with E-state index in [0.29, 0.717) is 36.2 Å². The summed E-state index contributed by atoms with van der Waals surface area (Å²) in [6, 6.07) is 5.23. The van der Waals surface area contributed by atoms with E-state index in [4.69, 9.17) is 15.6 Å². The number of aliphatic hydroxyl groups is 1. The summed E-state index contributed by atoms with van der Waals surface area (Å²) in [4.78, 5) is 61.8. The topological polar surface area (TPSA) is 189 Å². The molecule has 1 aromatic rings. The Labute approximate surface area is 352 Å². The molecule has 0 heterocycles. The van der Waals surface area contributed by atoms with Gasteiger partial charge < -0.3 is 36.8 Å². The Morgan fingerprint density at radius 3 is 2.34 bits per heavy atom. The number of allylic oxidation sites excluding steroid dienone is 1. The summed E-state index contributed by atoms with van der Waals surface area (Å²) in [5, 5.41) is 19.5. The third kappa shape index (κ3) is 12.2. The van der Waals surface area contributed by atoms with Gasteiger partial charge in [0.1, 0.15) is 6.04 Å². The molecule has 0 saturated heterocycles. The van der Waals surface area contributed by atoms with E-state index in [-0.39, 0.29) is 36.9 Å². The molecule has 0 aromatic heterocycles. The van der Waals surface area contributed by atoms with Gasteiger partial charge >= 0.3 is 0 Å². The Morgan fingerprint density at radius 1 is 0.881 bits per heavy atom. The molecule has 0 bridgehead atoms. The maximum absolute atomic E-state index is 12.7. The summed E-state index contributed by atoms with van der Waals surface area (Å²) in [6.45, 7) is 12.9. The Kier molecular flexibility index (Phi) is 16.6. The minimum Gasteiger partial charge on any atom is -0.392 e. The van der Waals surface area contributed by atoms with Crippen LogP contribution in [0.3, 0.4) is 0 Å². The largest absolute Gasteiger partial charge is 0.392 e. The van der Waals surface area contributed by atoms with Gasteiger partial charge in [0.2, 0.25) is 29.5 Å². The molecule has 4 aliphatic carbocycles. The molecule has 12 nitrogen and oxygen atoms in total. The van der Waals surface area contributed by atoms with Gasteiger partial charge in [0, 0.05) is 31.7 Å². The molecule has 5 amide bonds. The fourth-order valence-corrected chi connectivity index (χ4v) is 11.5. The number of carbonyl (C=O) groups is 5. The number of benzene rings is 1. The highest BCUT2D eigenvalue weighted by molar-refractivity contribution is 5.97. The molecule has 0 spiro atoms. The van der Waals surface area contributed by atoms with Crippen molar-refractivity contribution in [3.8, 4) is 0 Å². The van der Waals surface area contributed by atoms with Crippen LogP contribution in [0.4, 0.5) is 5.69 Å². The van der Waals surface area contributed by atoms with Crippen molar-refractivity contribution in [1.29, 1.82) is 0 Å². The number of aliphatic hydroxyl groups excluding tert-OH is 1. The number of carbonyl (C=O) groups excluding carboxylic acids is 5. The molecule has 0 radical (unpaired) electrons. The van der Waals surface area contributed by atoms with Crippen molar-refractivity contribution in [2.75, 3.05) is 25.0 Å². The van der Waals surface area contributed by atoms with Crippen LogP contribution in [0.2, 0.25) is 0 Å². The number of nitrogens with one attached hydrogen (secondary N) is 4. The SMILES string of the molecule is CC(C)CCC[C@@H](C)[C@H]1CC[C@H]2[C@@H]3CC=C4C[C@@H](OCCCNC(=O)CCC(=O)N[C@@H](CC(N)=O)C(=O)NCC(=O)Nc5ccc(CO)cc5)CC[C@]4(C)C3CC[C@]12C. The van der Waals surface area contributed by atoms with Crippen LogP contribution in [0.5, 0.6) is 0 Å². The maximum atomic E-state index is 12.7. The Hall–Kier alpha value is -3.77. The van der Waals surface area contributed by atoms with Crippen molar-refractivity contribution in [2.45, 2.75) is 150 Å². The van der Waals surface area contributed by atoms with Gasteiger partial charge in [0.15, 0.2) is 0 Å². The van der Waals surface area contributed by atoms with Gasteiger partial charge in [0.05, 0.1) is 25.7 Å². The number of rotatable bonds is 21. The number of fused-ring (bicyclic) bond motifs is 5. The van der Waals surface area contributed by atoms with Crippen LogP contribution in [0, 0.1) is 46.3 Å². The van der Waals surface area contributed by atoms with Gasteiger partial charge in [-0.2, -0.15) is 0 Å². The monoisotopic (exact) mass is 820 g/mol. The smallest absolute Gasteiger partial charge is 0.243 e. The summed E-state index contributed by atoms with van der Waals surface area (Å²) in [6.07, 6.45) is 16.9. The molecule has 5 rings (SSSR count).